The molecule has 172 valence electrons. The van der Waals surface area contributed by atoms with Crippen molar-refractivity contribution >= 4 is 27.4 Å². The summed E-state index contributed by atoms with van der Waals surface area (Å²) >= 11 is 0. The molecule has 0 bridgehead atoms. The first-order valence-electron chi connectivity index (χ1n) is 9.97. The van der Waals surface area contributed by atoms with Gasteiger partial charge in [0.1, 0.15) is 5.82 Å². The fraction of sp³-hybridized carbons (Fsp3) is 0.174. The molecule has 0 fully saturated rings. The second-order valence-electron chi connectivity index (χ2n) is 7.04. The number of non-ortho nitro benzene ring substituents is 1. The lowest BCUT2D eigenvalue weighted by atomic mass is 10.1. The predicted molar refractivity (Wildman–Crippen MR) is 120 cm³/mol. The number of carbonyl (C=O) groups is 1. The van der Waals surface area contributed by atoms with Gasteiger partial charge >= 0.3 is 5.97 Å². The van der Waals surface area contributed by atoms with Gasteiger partial charge in [0.2, 0.25) is 0 Å². The lowest BCUT2D eigenvalue weighted by Crippen LogP contribution is -2.30. The molecule has 33 heavy (non-hydrogen) atoms. The van der Waals surface area contributed by atoms with Gasteiger partial charge in [0.15, 0.2) is 0 Å². The van der Waals surface area contributed by atoms with Crippen LogP contribution in [0.2, 0.25) is 0 Å². The van der Waals surface area contributed by atoms with Gasteiger partial charge in [-0.25, -0.2) is 12.8 Å². The first-order chi connectivity index (χ1) is 15.7. The molecule has 0 atom stereocenters. The molecule has 3 aromatic carbocycles. The maximum Gasteiger partial charge on any atom is 0.310 e. The van der Waals surface area contributed by atoms with Crippen LogP contribution in [-0.4, -0.2) is 25.9 Å². The van der Waals surface area contributed by atoms with E-state index in [1.165, 1.54) is 36.4 Å². The molecular formula is C23H21FN2O6S. The predicted octanol–water partition coefficient (Wildman–Crippen LogP) is 4.24. The summed E-state index contributed by atoms with van der Waals surface area (Å²) in [6.45, 7) is 1.87. The number of esters is 1. The summed E-state index contributed by atoms with van der Waals surface area (Å²) < 4.78 is 46.3. The number of sulfonamides is 1. The van der Waals surface area contributed by atoms with E-state index in [0.29, 0.717) is 16.8 Å². The van der Waals surface area contributed by atoms with Gasteiger partial charge in [0.05, 0.1) is 35.1 Å². The number of ether oxygens (including phenoxy) is 1. The van der Waals surface area contributed by atoms with Crippen molar-refractivity contribution in [3.8, 4) is 0 Å². The maximum absolute atomic E-state index is 13.4. The van der Waals surface area contributed by atoms with E-state index < -0.39 is 26.7 Å². The third-order valence-electron chi connectivity index (χ3n) is 4.75. The van der Waals surface area contributed by atoms with E-state index in [0.717, 1.165) is 16.4 Å². The zero-order valence-corrected chi connectivity index (χ0v) is 18.5. The molecule has 8 nitrogen and oxygen atoms in total. The van der Waals surface area contributed by atoms with Crippen molar-refractivity contribution < 1.29 is 27.3 Å². The van der Waals surface area contributed by atoms with E-state index in [-0.39, 0.29) is 30.2 Å². The molecule has 0 saturated carbocycles. The van der Waals surface area contributed by atoms with Crippen LogP contribution in [0.4, 0.5) is 15.8 Å². The third kappa shape index (κ3) is 5.92. The van der Waals surface area contributed by atoms with Crippen molar-refractivity contribution in [3.63, 3.8) is 0 Å². The standard InChI is InChI=1S/C23H21FN2O6S/c1-2-32-23(27)15-17-5-9-20(10-6-17)25(16-18-3-7-19(24)8-4-18)33(30,31)22-13-11-21(12-14-22)26(28)29/h3-14H,2,15-16H2,1H3. The first kappa shape index (κ1) is 23.9. The van der Waals surface area contributed by atoms with Crippen LogP contribution in [0.3, 0.4) is 0 Å². The Morgan fingerprint density at radius 1 is 0.970 bits per heavy atom. The highest BCUT2D eigenvalue weighted by Gasteiger charge is 2.26. The highest BCUT2D eigenvalue weighted by molar-refractivity contribution is 7.92. The molecule has 0 radical (unpaired) electrons. The van der Waals surface area contributed by atoms with Gasteiger partial charge in [-0.15, -0.1) is 0 Å². The smallest absolute Gasteiger partial charge is 0.310 e. The average Bonchev–Trinajstić information content (AvgIpc) is 2.79. The number of halogens is 1. The quantitative estimate of drug-likeness (QED) is 0.262. The molecule has 0 spiro atoms. The van der Waals surface area contributed by atoms with Crippen LogP contribution in [0.25, 0.3) is 0 Å². The molecule has 0 saturated heterocycles. The lowest BCUT2D eigenvalue weighted by Gasteiger charge is -2.25. The van der Waals surface area contributed by atoms with Crippen LogP contribution in [0.15, 0.2) is 77.7 Å². The van der Waals surface area contributed by atoms with E-state index in [2.05, 4.69) is 0 Å². The Morgan fingerprint density at radius 3 is 2.09 bits per heavy atom. The Labute approximate surface area is 190 Å². The zero-order chi connectivity index (χ0) is 24.0. The van der Waals surface area contributed by atoms with Crippen LogP contribution < -0.4 is 4.31 Å². The molecule has 0 heterocycles. The summed E-state index contributed by atoms with van der Waals surface area (Å²) in [5.41, 5.74) is 1.26. The molecule has 0 aliphatic heterocycles. The number of hydrogen-bond donors (Lipinski definition) is 0. The van der Waals surface area contributed by atoms with Gasteiger partial charge in [-0.1, -0.05) is 24.3 Å². The molecule has 0 aromatic heterocycles. The van der Waals surface area contributed by atoms with E-state index in [1.807, 2.05) is 0 Å². The number of hydrogen-bond acceptors (Lipinski definition) is 6. The third-order valence-corrected chi connectivity index (χ3v) is 6.54. The summed E-state index contributed by atoms with van der Waals surface area (Å²) in [4.78, 5) is 21.9. The Hall–Kier alpha value is -3.79. The maximum atomic E-state index is 13.4. The number of carbonyl (C=O) groups excluding carboxylic acids is 1. The fourth-order valence-electron chi connectivity index (χ4n) is 3.10. The van der Waals surface area contributed by atoms with Crippen molar-refractivity contribution in [3.05, 3.63) is 99.9 Å². The zero-order valence-electron chi connectivity index (χ0n) is 17.7. The summed E-state index contributed by atoms with van der Waals surface area (Å²) in [5.74, 6) is -0.848. The van der Waals surface area contributed by atoms with E-state index in [1.54, 1.807) is 31.2 Å². The van der Waals surface area contributed by atoms with Crippen molar-refractivity contribution in [1.82, 2.24) is 0 Å². The van der Waals surface area contributed by atoms with Crippen molar-refractivity contribution in [1.29, 1.82) is 0 Å². The van der Waals surface area contributed by atoms with Gasteiger partial charge in [-0.3, -0.25) is 19.2 Å². The minimum atomic E-state index is -4.12. The van der Waals surface area contributed by atoms with E-state index in [9.17, 15) is 27.7 Å². The largest absolute Gasteiger partial charge is 0.466 e. The Bertz CT molecular complexity index is 1230. The minimum Gasteiger partial charge on any atom is -0.466 e. The van der Waals surface area contributed by atoms with Crippen LogP contribution in [-0.2, 0) is 32.5 Å². The summed E-state index contributed by atoms with van der Waals surface area (Å²) in [7, 11) is -4.12. The second-order valence-corrected chi connectivity index (χ2v) is 8.90. The van der Waals surface area contributed by atoms with E-state index in [4.69, 9.17) is 4.74 Å². The number of nitro benzene ring substituents is 1. The van der Waals surface area contributed by atoms with Crippen LogP contribution in [0.5, 0.6) is 0 Å². The highest BCUT2D eigenvalue weighted by Crippen LogP contribution is 2.28. The normalized spacial score (nSPS) is 11.1. The van der Waals surface area contributed by atoms with Crippen molar-refractivity contribution in [2.24, 2.45) is 0 Å². The molecule has 10 heteroatoms. The Balaban J connectivity index is 1.97. The van der Waals surface area contributed by atoms with Crippen LogP contribution >= 0.6 is 0 Å². The van der Waals surface area contributed by atoms with Gasteiger partial charge in [-0.05, 0) is 54.4 Å². The summed E-state index contributed by atoms with van der Waals surface area (Å²) in [6, 6.07) is 16.3. The molecule has 0 aliphatic rings. The van der Waals surface area contributed by atoms with Crippen molar-refractivity contribution in [2.75, 3.05) is 10.9 Å². The minimum absolute atomic E-state index is 0.0428. The van der Waals surface area contributed by atoms with E-state index >= 15 is 0 Å². The SMILES string of the molecule is CCOC(=O)Cc1ccc(N(Cc2ccc(F)cc2)S(=O)(=O)c2ccc([N+](=O)[O-])cc2)cc1. The molecule has 0 amide bonds. The number of rotatable bonds is 9. The van der Waals surface area contributed by atoms with Gasteiger partial charge in [0.25, 0.3) is 15.7 Å². The Morgan fingerprint density at radius 2 is 1.55 bits per heavy atom. The summed E-state index contributed by atoms with van der Waals surface area (Å²) in [5, 5.41) is 10.9. The van der Waals surface area contributed by atoms with Gasteiger partial charge < -0.3 is 4.74 Å². The van der Waals surface area contributed by atoms with Gasteiger partial charge in [-0.2, -0.15) is 0 Å². The van der Waals surface area contributed by atoms with Gasteiger partial charge in [0, 0.05) is 12.1 Å². The molecule has 0 N–H and O–H groups in total. The fourth-order valence-corrected chi connectivity index (χ4v) is 4.55. The molecule has 0 unspecified atom stereocenters. The second kappa shape index (κ2) is 10.2. The highest BCUT2D eigenvalue weighted by atomic mass is 32.2. The number of nitrogens with zero attached hydrogens (tertiary/aromatic N) is 2. The topological polar surface area (TPSA) is 107 Å². The molecular weight excluding hydrogens is 451 g/mol. The Kier molecular flexibility index (Phi) is 7.39. The van der Waals surface area contributed by atoms with Crippen LogP contribution in [0, 0.1) is 15.9 Å². The first-order valence-corrected chi connectivity index (χ1v) is 11.4. The number of nitro groups is 1. The average molecular weight is 472 g/mol. The summed E-state index contributed by atoms with van der Waals surface area (Å²) in [6.07, 6.45) is 0.0428. The lowest BCUT2D eigenvalue weighted by molar-refractivity contribution is -0.384. The molecule has 3 rings (SSSR count). The van der Waals surface area contributed by atoms with Crippen LogP contribution in [0.1, 0.15) is 18.1 Å². The molecule has 3 aromatic rings. The van der Waals surface area contributed by atoms with Crippen molar-refractivity contribution in [2.45, 2.75) is 24.8 Å². The number of benzene rings is 3. The monoisotopic (exact) mass is 472 g/mol. The number of anilines is 1. The molecule has 0 aliphatic carbocycles.